The van der Waals surface area contributed by atoms with Crippen molar-refractivity contribution in [3.05, 3.63) is 46.2 Å². The molecule has 0 radical (unpaired) electrons. The van der Waals surface area contributed by atoms with Gasteiger partial charge in [-0.1, -0.05) is 28.1 Å². The zero-order chi connectivity index (χ0) is 16.3. The van der Waals surface area contributed by atoms with Crippen LogP contribution in [0.5, 0.6) is 5.88 Å². The molecular formula is C15H15BrFN3O2. The average Bonchev–Trinajstić information content (AvgIpc) is 2.43. The summed E-state index contributed by atoms with van der Waals surface area (Å²) in [6.45, 7) is 3.09. The molecule has 0 aliphatic heterocycles. The van der Waals surface area contributed by atoms with Crippen molar-refractivity contribution in [2.75, 3.05) is 11.1 Å². The maximum Gasteiger partial charge on any atom is 0.253 e. The number of nitrogen functional groups attached to an aromatic ring is 1. The van der Waals surface area contributed by atoms with Gasteiger partial charge in [0.05, 0.1) is 5.69 Å². The molecule has 1 aromatic carbocycles. The molecule has 0 aliphatic rings. The van der Waals surface area contributed by atoms with Crippen LogP contribution in [0.2, 0.25) is 0 Å². The fraction of sp³-hybridized carbons (Fsp3) is 0.200. The summed E-state index contributed by atoms with van der Waals surface area (Å²) in [7, 11) is 0. The molecular weight excluding hydrogens is 353 g/mol. The van der Waals surface area contributed by atoms with Crippen molar-refractivity contribution in [3.63, 3.8) is 0 Å². The molecule has 22 heavy (non-hydrogen) atoms. The van der Waals surface area contributed by atoms with Gasteiger partial charge in [-0.05, 0) is 24.6 Å². The molecule has 0 saturated carbocycles. The Bertz CT molecular complexity index is 709. The first-order valence-electron chi connectivity index (χ1n) is 6.52. The molecule has 1 heterocycles. The number of carbonyl (C=O) groups is 1. The number of carbonyl (C=O) groups excluding carboxylic acids is 1. The van der Waals surface area contributed by atoms with Gasteiger partial charge in [-0.15, -0.1) is 0 Å². The largest absolute Gasteiger partial charge is 0.468 e. The first-order valence-corrected chi connectivity index (χ1v) is 7.32. The van der Waals surface area contributed by atoms with E-state index in [0.29, 0.717) is 0 Å². The van der Waals surface area contributed by atoms with Crippen LogP contribution in [-0.2, 0) is 4.79 Å². The first kappa shape index (κ1) is 16.2. The van der Waals surface area contributed by atoms with Gasteiger partial charge in [0, 0.05) is 17.5 Å². The molecule has 0 spiro atoms. The first-order chi connectivity index (χ1) is 10.4. The van der Waals surface area contributed by atoms with Crippen LogP contribution in [-0.4, -0.2) is 10.9 Å². The van der Waals surface area contributed by atoms with Gasteiger partial charge in [0.2, 0.25) is 5.91 Å². The molecule has 1 amide bonds. The van der Waals surface area contributed by atoms with Gasteiger partial charge >= 0.3 is 0 Å². The highest BCUT2D eigenvalue weighted by atomic mass is 79.9. The van der Waals surface area contributed by atoms with Crippen molar-refractivity contribution in [2.45, 2.75) is 20.0 Å². The number of aromatic nitrogens is 1. The zero-order valence-electron chi connectivity index (χ0n) is 12.1. The number of benzene rings is 1. The van der Waals surface area contributed by atoms with Crippen LogP contribution >= 0.6 is 15.9 Å². The van der Waals surface area contributed by atoms with E-state index >= 15 is 0 Å². The lowest BCUT2D eigenvalue weighted by molar-refractivity contribution is -0.114. The van der Waals surface area contributed by atoms with E-state index in [0.717, 1.165) is 16.1 Å². The third kappa shape index (κ3) is 3.94. The predicted octanol–water partition coefficient (Wildman–Crippen LogP) is 3.66. The van der Waals surface area contributed by atoms with Gasteiger partial charge < -0.3 is 15.8 Å². The number of halogens is 2. The number of hydrogen-bond donors (Lipinski definition) is 2. The van der Waals surface area contributed by atoms with Crippen molar-refractivity contribution in [2.24, 2.45) is 0 Å². The number of nitrogens with zero attached hydrogens (tertiary/aromatic N) is 1. The van der Waals surface area contributed by atoms with Crippen LogP contribution in [0.25, 0.3) is 0 Å². The van der Waals surface area contributed by atoms with E-state index in [1.165, 1.54) is 6.92 Å². The van der Waals surface area contributed by atoms with Crippen molar-refractivity contribution in [3.8, 4) is 5.88 Å². The summed E-state index contributed by atoms with van der Waals surface area (Å²) in [5.41, 5.74) is 6.51. The van der Waals surface area contributed by atoms with E-state index in [1.807, 2.05) is 24.3 Å². The van der Waals surface area contributed by atoms with Gasteiger partial charge in [-0.2, -0.15) is 4.98 Å². The fourth-order valence-corrected chi connectivity index (χ4v) is 2.25. The number of pyridine rings is 1. The maximum atomic E-state index is 13.9. The lowest BCUT2D eigenvalue weighted by atomic mass is 10.1. The number of nitrogens with two attached hydrogens (primary N) is 1. The quantitative estimate of drug-likeness (QED) is 0.864. The topological polar surface area (TPSA) is 77.2 Å². The van der Waals surface area contributed by atoms with E-state index in [-0.39, 0.29) is 23.3 Å². The second-order valence-corrected chi connectivity index (χ2v) is 5.63. The summed E-state index contributed by atoms with van der Waals surface area (Å²) in [5.74, 6) is -1.18. The van der Waals surface area contributed by atoms with Crippen LogP contribution < -0.4 is 15.8 Å². The number of hydrogen-bond acceptors (Lipinski definition) is 4. The van der Waals surface area contributed by atoms with Crippen LogP contribution in [0.1, 0.15) is 25.5 Å². The molecule has 0 bridgehead atoms. The van der Waals surface area contributed by atoms with Crippen molar-refractivity contribution >= 4 is 33.3 Å². The second-order valence-electron chi connectivity index (χ2n) is 4.71. The monoisotopic (exact) mass is 367 g/mol. The summed E-state index contributed by atoms with van der Waals surface area (Å²) >= 11 is 3.37. The Morgan fingerprint density at radius 2 is 2.18 bits per heavy atom. The smallest absolute Gasteiger partial charge is 0.253 e. The Morgan fingerprint density at radius 3 is 2.82 bits per heavy atom. The summed E-state index contributed by atoms with van der Waals surface area (Å²) < 4.78 is 20.4. The summed E-state index contributed by atoms with van der Waals surface area (Å²) in [5, 5.41) is 2.43. The summed E-state index contributed by atoms with van der Waals surface area (Å²) in [6.07, 6.45) is -0.423. The van der Waals surface area contributed by atoms with Crippen molar-refractivity contribution < 1.29 is 13.9 Å². The Balaban J connectivity index is 2.26. The van der Waals surface area contributed by atoms with Crippen LogP contribution in [0.15, 0.2) is 34.8 Å². The summed E-state index contributed by atoms with van der Waals surface area (Å²) in [4.78, 5) is 15.0. The average molecular weight is 368 g/mol. The molecule has 2 rings (SSSR count). The highest BCUT2D eigenvalue weighted by Crippen LogP contribution is 2.28. The number of rotatable bonds is 4. The lowest BCUT2D eigenvalue weighted by Crippen LogP contribution is -2.12. The van der Waals surface area contributed by atoms with E-state index in [1.54, 1.807) is 6.92 Å². The molecule has 1 atom stereocenters. The van der Waals surface area contributed by atoms with Gasteiger partial charge in [-0.25, -0.2) is 4.39 Å². The highest BCUT2D eigenvalue weighted by molar-refractivity contribution is 9.10. The van der Waals surface area contributed by atoms with Crippen LogP contribution in [0.3, 0.4) is 0 Å². The third-order valence-electron chi connectivity index (χ3n) is 2.87. The number of anilines is 2. The Kier molecular flexibility index (Phi) is 4.97. The minimum atomic E-state index is -0.687. The maximum absolute atomic E-state index is 13.9. The Labute approximate surface area is 135 Å². The minimum Gasteiger partial charge on any atom is -0.468 e. The lowest BCUT2D eigenvalue weighted by Gasteiger charge is -2.16. The van der Waals surface area contributed by atoms with Gasteiger partial charge in [0.1, 0.15) is 6.10 Å². The van der Waals surface area contributed by atoms with Crippen LogP contribution in [0.4, 0.5) is 15.9 Å². The molecule has 116 valence electrons. The second kappa shape index (κ2) is 6.74. The van der Waals surface area contributed by atoms with E-state index in [2.05, 4.69) is 26.2 Å². The molecule has 1 aromatic heterocycles. The Hall–Kier alpha value is -2.15. The normalized spacial score (nSPS) is 11.8. The molecule has 3 N–H and O–H groups in total. The van der Waals surface area contributed by atoms with E-state index in [9.17, 15) is 9.18 Å². The minimum absolute atomic E-state index is 0.0372. The standard InChI is InChI=1S/C15H15BrFN3O2/c1-8(10-4-3-5-11(16)6-10)22-15-12(17)7-13(18)14(20-15)19-9(2)21/h3-8H,18H2,1-2H3,(H,19,20,21). The number of amides is 1. The Morgan fingerprint density at radius 1 is 1.45 bits per heavy atom. The SMILES string of the molecule is CC(=O)Nc1nc(OC(C)c2cccc(Br)c2)c(F)cc1N. The van der Waals surface area contributed by atoms with Gasteiger partial charge in [0.25, 0.3) is 5.88 Å². The fourth-order valence-electron chi connectivity index (χ4n) is 1.83. The van der Waals surface area contributed by atoms with E-state index in [4.69, 9.17) is 10.5 Å². The third-order valence-corrected chi connectivity index (χ3v) is 3.37. The molecule has 1 unspecified atom stereocenters. The molecule has 2 aromatic rings. The van der Waals surface area contributed by atoms with Crippen molar-refractivity contribution in [1.29, 1.82) is 0 Å². The van der Waals surface area contributed by atoms with Crippen LogP contribution in [0, 0.1) is 5.82 Å². The van der Waals surface area contributed by atoms with E-state index < -0.39 is 11.9 Å². The molecule has 7 heteroatoms. The van der Waals surface area contributed by atoms with Gasteiger partial charge in [0.15, 0.2) is 11.6 Å². The zero-order valence-corrected chi connectivity index (χ0v) is 13.6. The highest BCUT2D eigenvalue weighted by Gasteiger charge is 2.16. The molecule has 0 fully saturated rings. The molecule has 0 aliphatic carbocycles. The molecule has 5 nitrogen and oxygen atoms in total. The number of nitrogens with one attached hydrogen (secondary N) is 1. The van der Waals surface area contributed by atoms with Crippen molar-refractivity contribution in [1.82, 2.24) is 4.98 Å². The number of ether oxygens (including phenoxy) is 1. The predicted molar refractivity (Wildman–Crippen MR) is 86.1 cm³/mol. The summed E-state index contributed by atoms with van der Waals surface area (Å²) in [6, 6.07) is 8.54. The molecule has 0 saturated heterocycles. The van der Waals surface area contributed by atoms with Gasteiger partial charge in [-0.3, -0.25) is 4.79 Å².